The van der Waals surface area contributed by atoms with E-state index in [1.165, 1.54) is 5.39 Å². The third-order valence-electron chi connectivity index (χ3n) is 3.21. The number of ether oxygens (including phenoxy) is 1. The molecule has 0 amide bonds. The van der Waals surface area contributed by atoms with E-state index < -0.39 is 0 Å². The highest BCUT2D eigenvalue weighted by molar-refractivity contribution is 7.98. The molecule has 0 atom stereocenters. The van der Waals surface area contributed by atoms with Gasteiger partial charge in [-0.1, -0.05) is 48.2 Å². The van der Waals surface area contributed by atoms with Gasteiger partial charge in [-0.3, -0.25) is 0 Å². The van der Waals surface area contributed by atoms with E-state index in [9.17, 15) is 0 Å². The minimum absolute atomic E-state index is 0.415. The lowest BCUT2D eigenvalue weighted by molar-refractivity contribution is 0.294. The van der Waals surface area contributed by atoms with Gasteiger partial charge in [0.05, 0.1) is 0 Å². The van der Waals surface area contributed by atoms with Gasteiger partial charge in [-0.2, -0.15) is 0 Å². The van der Waals surface area contributed by atoms with Gasteiger partial charge in [-0.05, 0) is 17.7 Å². The fraction of sp³-hybridized carbons (Fsp3) is 0.200. The van der Waals surface area contributed by atoms with Gasteiger partial charge in [0, 0.05) is 12.4 Å². The zero-order valence-corrected chi connectivity index (χ0v) is 12.2. The second-order valence-corrected chi connectivity index (χ2v) is 5.20. The molecular formula is C15H15N3OS. The van der Waals surface area contributed by atoms with E-state index in [1.807, 2.05) is 42.1 Å². The van der Waals surface area contributed by atoms with Crippen molar-refractivity contribution < 1.29 is 4.74 Å². The van der Waals surface area contributed by atoms with Crippen molar-refractivity contribution in [2.75, 3.05) is 6.26 Å². The van der Waals surface area contributed by atoms with Crippen LogP contribution in [0.4, 0.5) is 0 Å². The summed E-state index contributed by atoms with van der Waals surface area (Å²) in [5, 5.41) is 11.4. The Bertz CT molecular complexity index is 734. The Morgan fingerprint density at radius 3 is 2.70 bits per heavy atom. The van der Waals surface area contributed by atoms with Crippen LogP contribution in [0.3, 0.4) is 0 Å². The van der Waals surface area contributed by atoms with Gasteiger partial charge in [0.15, 0.2) is 11.0 Å². The second kappa shape index (κ2) is 5.54. The number of hydrogen-bond acceptors (Lipinski definition) is 4. The normalized spacial score (nSPS) is 10.9. The number of benzene rings is 2. The van der Waals surface area contributed by atoms with Gasteiger partial charge in [-0.25, -0.2) is 0 Å². The number of nitrogens with zero attached hydrogens (tertiary/aromatic N) is 3. The molecule has 0 bridgehead atoms. The van der Waals surface area contributed by atoms with Gasteiger partial charge in [0.2, 0.25) is 0 Å². The van der Waals surface area contributed by atoms with Crippen LogP contribution in [-0.4, -0.2) is 21.0 Å². The fourth-order valence-corrected chi connectivity index (χ4v) is 2.61. The lowest BCUT2D eigenvalue weighted by atomic mass is 10.1. The summed E-state index contributed by atoms with van der Waals surface area (Å²) in [5.41, 5.74) is 0. The first-order valence-corrected chi connectivity index (χ1v) is 7.55. The SMILES string of the molecule is CSc1nnc(COc2cccc3ccccc23)n1C. The maximum Gasteiger partial charge on any atom is 0.190 e. The Kier molecular flexibility index (Phi) is 3.60. The van der Waals surface area contributed by atoms with Crippen LogP contribution in [0.15, 0.2) is 47.6 Å². The molecule has 20 heavy (non-hydrogen) atoms. The van der Waals surface area contributed by atoms with Crippen LogP contribution in [-0.2, 0) is 13.7 Å². The van der Waals surface area contributed by atoms with Crippen molar-refractivity contribution in [2.24, 2.45) is 7.05 Å². The van der Waals surface area contributed by atoms with Crippen LogP contribution in [0, 0.1) is 0 Å². The molecule has 0 aliphatic heterocycles. The molecule has 0 N–H and O–H groups in total. The van der Waals surface area contributed by atoms with Gasteiger partial charge < -0.3 is 9.30 Å². The third kappa shape index (κ3) is 2.36. The highest BCUT2D eigenvalue weighted by atomic mass is 32.2. The minimum atomic E-state index is 0.415. The first-order chi connectivity index (χ1) is 9.79. The molecule has 0 unspecified atom stereocenters. The van der Waals surface area contributed by atoms with E-state index in [4.69, 9.17) is 4.74 Å². The molecule has 0 saturated heterocycles. The molecule has 102 valence electrons. The van der Waals surface area contributed by atoms with E-state index in [0.717, 1.165) is 22.1 Å². The van der Waals surface area contributed by atoms with Crippen molar-refractivity contribution in [1.29, 1.82) is 0 Å². The standard InChI is InChI=1S/C15H15N3OS/c1-18-14(16-17-15(18)20-2)10-19-13-9-5-7-11-6-3-4-8-12(11)13/h3-9H,10H2,1-2H3. The summed E-state index contributed by atoms with van der Waals surface area (Å²) in [5.74, 6) is 1.69. The fourth-order valence-electron chi connectivity index (χ4n) is 2.11. The Morgan fingerprint density at radius 1 is 1.10 bits per heavy atom. The number of rotatable bonds is 4. The molecule has 0 saturated carbocycles. The largest absolute Gasteiger partial charge is 0.485 e. The zero-order valence-electron chi connectivity index (χ0n) is 11.4. The van der Waals surface area contributed by atoms with E-state index in [2.05, 4.69) is 28.4 Å². The van der Waals surface area contributed by atoms with Crippen molar-refractivity contribution >= 4 is 22.5 Å². The summed E-state index contributed by atoms with van der Waals surface area (Å²) in [4.78, 5) is 0. The topological polar surface area (TPSA) is 39.9 Å². The van der Waals surface area contributed by atoms with Crippen LogP contribution >= 0.6 is 11.8 Å². The monoisotopic (exact) mass is 285 g/mol. The molecule has 3 rings (SSSR count). The Morgan fingerprint density at radius 2 is 1.90 bits per heavy atom. The van der Waals surface area contributed by atoms with Crippen molar-refractivity contribution in [3.8, 4) is 5.75 Å². The highest BCUT2D eigenvalue weighted by Crippen LogP contribution is 2.25. The number of thioether (sulfide) groups is 1. The first-order valence-electron chi connectivity index (χ1n) is 6.32. The van der Waals surface area contributed by atoms with E-state index >= 15 is 0 Å². The molecule has 1 aromatic heterocycles. The lowest BCUT2D eigenvalue weighted by Gasteiger charge is -2.09. The summed E-state index contributed by atoms with van der Waals surface area (Å²) < 4.78 is 7.87. The average Bonchev–Trinajstić information content (AvgIpc) is 2.85. The van der Waals surface area contributed by atoms with Crippen LogP contribution in [0.25, 0.3) is 10.8 Å². The van der Waals surface area contributed by atoms with E-state index in [0.29, 0.717) is 6.61 Å². The minimum Gasteiger partial charge on any atom is -0.485 e. The number of hydrogen-bond donors (Lipinski definition) is 0. The van der Waals surface area contributed by atoms with Gasteiger partial charge in [-0.15, -0.1) is 10.2 Å². The smallest absolute Gasteiger partial charge is 0.190 e. The van der Waals surface area contributed by atoms with Crippen molar-refractivity contribution in [3.63, 3.8) is 0 Å². The van der Waals surface area contributed by atoms with E-state index in [-0.39, 0.29) is 0 Å². The Labute approximate surface area is 121 Å². The number of aromatic nitrogens is 3. The van der Waals surface area contributed by atoms with Crippen LogP contribution in [0.2, 0.25) is 0 Å². The molecular weight excluding hydrogens is 270 g/mol. The zero-order chi connectivity index (χ0) is 13.9. The van der Waals surface area contributed by atoms with Crippen LogP contribution in [0.1, 0.15) is 5.82 Å². The summed E-state index contributed by atoms with van der Waals surface area (Å²) >= 11 is 1.57. The van der Waals surface area contributed by atoms with Crippen LogP contribution < -0.4 is 4.74 Å². The third-order valence-corrected chi connectivity index (χ3v) is 3.93. The number of fused-ring (bicyclic) bond motifs is 1. The maximum atomic E-state index is 5.91. The molecule has 0 aliphatic carbocycles. The summed E-state index contributed by atoms with van der Waals surface area (Å²) in [6.45, 7) is 0.415. The molecule has 3 aromatic rings. The maximum absolute atomic E-state index is 5.91. The predicted octanol–water partition coefficient (Wildman–Crippen LogP) is 3.27. The average molecular weight is 285 g/mol. The van der Waals surface area contributed by atoms with Crippen LogP contribution in [0.5, 0.6) is 5.75 Å². The van der Waals surface area contributed by atoms with Crippen molar-refractivity contribution in [1.82, 2.24) is 14.8 Å². The van der Waals surface area contributed by atoms with Crippen molar-refractivity contribution in [3.05, 3.63) is 48.3 Å². The summed E-state index contributed by atoms with van der Waals surface area (Å²) in [6, 6.07) is 14.3. The van der Waals surface area contributed by atoms with Gasteiger partial charge >= 0.3 is 0 Å². The molecule has 0 fully saturated rings. The van der Waals surface area contributed by atoms with Gasteiger partial charge in [0.25, 0.3) is 0 Å². The second-order valence-electron chi connectivity index (χ2n) is 4.43. The van der Waals surface area contributed by atoms with Crippen molar-refractivity contribution in [2.45, 2.75) is 11.8 Å². The first kappa shape index (κ1) is 13.0. The molecule has 5 heteroatoms. The highest BCUT2D eigenvalue weighted by Gasteiger charge is 2.09. The predicted molar refractivity (Wildman–Crippen MR) is 81.1 cm³/mol. The quantitative estimate of drug-likeness (QED) is 0.690. The molecule has 0 aliphatic rings. The Hall–Kier alpha value is -2.01. The summed E-state index contributed by atoms with van der Waals surface area (Å²) in [6.07, 6.45) is 1.99. The molecule has 0 spiro atoms. The summed E-state index contributed by atoms with van der Waals surface area (Å²) in [7, 11) is 1.95. The molecule has 0 radical (unpaired) electrons. The molecule has 1 heterocycles. The van der Waals surface area contributed by atoms with E-state index in [1.54, 1.807) is 11.8 Å². The Balaban J connectivity index is 1.85. The molecule has 4 nitrogen and oxygen atoms in total. The van der Waals surface area contributed by atoms with Gasteiger partial charge in [0.1, 0.15) is 12.4 Å². The molecule has 2 aromatic carbocycles. The lowest BCUT2D eigenvalue weighted by Crippen LogP contribution is -2.04.